The number of nitrogens with zero attached hydrogens (tertiary/aromatic N) is 1. The maximum atomic E-state index is 12.9. The van der Waals surface area contributed by atoms with E-state index in [4.69, 9.17) is 9.47 Å². The Morgan fingerprint density at radius 2 is 2.10 bits per heavy atom. The molecule has 5 rings (SSSR count). The normalized spacial score (nSPS) is 19.0. The Balaban J connectivity index is 1.30. The lowest BCUT2D eigenvalue weighted by Crippen LogP contribution is -2.43. The molecule has 0 radical (unpaired) electrons. The van der Waals surface area contributed by atoms with Gasteiger partial charge in [-0.15, -0.1) is 22.7 Å². The van der Waals surface area contributed by atoms with Gasteiger partial charge in [-0.1, -0.05) is 12.1 Å². The van der Waals surface area contributed by atoms with Crippen molar-refractivity contribution in [1.82, 2.24) is 10.2 Å². The van der Waals surface area contributed by atoms with Gasteiger partial charge in [0.2, 0.25) is 12.7 Å². The van der Waals surface area contributed by atoms with Gasteiger partial charge in [-0.05, 0) is 59.5 Å². The highest BCUT2D eigenvalue weighted by Gasteiger charge is 2.31. The van der Waals surface area contributed by atoms with Gasteiger partial charge in [-0.2, -0.15) is 0 Å². The van der Waals surface area contributed by atoms with Gasteiger partial charge in [0.15, 0.2) is 11.5 Å². The molecule has 5 nitrogen and oxygen atoms in total. The van der Waals surface area contributed by atoms with E-state index in [0.29, 0.717) is 6.54 Å². The van der Waals surface area contributed by atoms with E-state index in [9.17, 15) is 4.79 Å². The molecule has 4 heterocycles. The molecule has 2 unspecified atom stereocenters. The summed E-state index contributed by atoms with van der Waals surface area (Å²) < 4.78 is 10.8. The summed E-state index contributed by atoms with van der Waals surface area (Å²) >= 11 is 3.58. The molecule has 2 aliphatic rings. The summed E-state index contributed by atoms with van der Waals surface area (Å²) in [6.07, 6.45) is 1.000. The van der Waals surface area contributed by atoms with Crippen LogP contribution in [-0.2, 0) is 11.2 Å². The summed E-state index contributed by atoms with van der Waals surface area (Å²) in [6, 6.07) is 12.4. The fourth-order valence-corrected chi connectivity index (χ4v) is 5.84. The van der Waals surface area contributed by atoms with Crippen LogP contribution in [0.15, 0.2) is 47.2 Å². The highest BCUT2D eigenvalue weighted by atomic mass is 32.1. The molecule has 7 heteroatoms. The van der Waals surface area contributed by atoms with Crippen molar-refractivity contribution in [2.24, 2.45) is 0 Å². The van der Waals surface area contributed by atoms with Crippen LogP contribution in [0.25, 0.3) is 0 Å². The third kappa shape index (κ3) is 3.66. The molecule has 2 aromatic heterocycles. The van der Waals surface area contributed by atoms with E-state index in [1.807, 2.05) is 36.5 Å². The molecule has 0 spiro atoms. The first-order chi connectivity index (χ1) is 14.2. The number of hydrogen-bond donors (Lipinski definition) is 1. The standard InChI is InChI=1S/C22H22N2O3S2/c1-14(15-4-5-17-18(11-15)27-13-26-17)23-21(25)12-24-8-6-19-16(7-10-29-19)22(24)20-3-2-9-28-20/h2-5,7,9-11,14,22H,6,8,12-13H2,1H3,(H,23,25). The number of hydrogen-bond acceptors (Lipinski definition) is 6. The molecule has 1 amide bonds. The predicted molar refractivity (Wildman–Crippen MR) is 115 cm³/mol. The summed E-state index contributed by atoms with van der Waals surface area (Å²) in [5.74, 6) is 1.53. The maximum absolute atomic E-state index is 12.9. The number of benzene rings is 1. The van der Waals surface area contributed by atoms with Crippen LogP contribution in [0.3, 0.4) is 0 Å². The van der Waals surface area contributed by atoms with E-state index in [1.54, 1.807) is 11.3 Å². The lowest BCUT2D eigenvalue weighted by atomic mass is 9.98. The molecule has 2 aliphatic heterocycles. The Morgan fingerprint density at radius 1 is 1.21 bits per heavy atom. The summed E-state index contributed by atoms with van der Waals surface area (Å²) in [4.78, 5) is 17.9. The van der Waals surface area contributed by atoms with Gasteiger partial charge in [0, 0.05) is 16.3 Å². The molecular weight excluding hydrogens is 404 g/mol. The highest BCUT2D eigenvalue weighted by Crippen LogP contribution is 2.39. The zero-order valence-electron chi connectivity index (χ0n) is 16.1. The van der Waals surface area contributed by atoms with Crippen LogP contribution in [0.5, 0.6) is 11.5 Å². The second kappa shape index (κ2) is 7.82. The predicted octanol–water partition coefficient (Wildman–Crippen LogP) is 4.36. The van der Waals surface area contributed by atoms with Crippen LogP contribution in [0.4, 0.5) is 0 Å². The first-order valence-electron chi connectivity index (χ1n) is 9.71. The average Bonchev–Trinajstić information content (AvgIpc) is 3.47. The van der Waals surface area contributed by atoms with E-state index in [0.717, 1.165) is 30.0 Å². The fourth-order valence-electron chi connectivity index (χ4n) is 4.06. The topological polar surface area (TPSA) is 50.8 Å². The Labute approximate surface area is 177 Å². The minimum atomic E-state index is -0.0984. The molecular formula is C22H22N2O3S2. The molecule has 29 heavy (non-hydrogen) atoms. The molecule has 2 atom stereocenters. The third-order valence-electron chi connectivity index (χ3n) is 5.50. The number of rotatable bonds is 5. The fraction of sp³-hybridized carbons (Fsp3) is 0.318. The molecule has 150 valence electrons. The zero-order chi connectivity index (χ0) is 19.8. The van der Waals surface area contributed by atoms with Gasteiger partial charge >= 0.3 is 0 Å². The number of amides is 1. The second-order valence-electron chi connectivity index (χ2n) is 7.34. The Bertz CT molecular complexity index is 1020. The smallest absolute Gasteiger partial charge is 0.234 e. The molecule has 0 saturated carbocycles. The van der Waals surface area contributed by atoms with Gasteiger partial charge in [0.25, 0.3) is 0 Å². The number of nitrogens with one attached hydrogen (secondary N) is 1. The minimum absolute atomic E-state index is 0.0374. The SMILES string of the molecule is CC(NC(=O)CN1CCc2sccc2C1c1cccs1)c1ccc2c(c1)OCO2. The number of thiophene rings is 2. The van der Waals surface area contributed by atoms with Crippen molar-refractivity contribution in [3.63, 3.8) is 0 Å². The van der Waals surface area contributed by atoms with Crippen LogP contribution in [0, 0.1) is 0 Å². The largest absolute Gasteiger partial charge is 0.454 e. The monoisotopic (exact) mass is 426 g/mol. The van der Waals surface area contributed by atoms with E-state index >= 15 is 0 Å². The summed E-state index contributed by atoms with van der Waals surface area (Å²) in [6.45, 7) is 3.52. The van der Waals surface area contributed by atoms with Crippen LogP contribution in [0.2, 0.25) is 0 Å². The highest BCUT2D eigenvalue weighted by molar-refractivity contribution is 7.10. The minimum Gasteiger partial charge on any atom is -0.454 e. The van der Waals surface area contributed by atoms with Crippen LogP contribution in [-0.4, -0.2) is 30.7 Å². The van der Waals surface area contributed by atoms with Crippen molar-refractivity contribution in [3.05, 3.63) is 68.0 Å². The molecule has 0 saturated heterocycles. The van der Waals surface area contributed by atoms with Gasteiger partial charge in [0.1, 0.15) is 0 Å². The van der Waals surface area contributed by atoms with E-state index in [-0.39, 0.29) is 24.8 Å². The number of fused-ring (bicyclic) bond motifs is 2. The molecule has 0 aliphatic carbocycles. The Kier molecular flexibility index (Phi) is 5.03. The number of ether oxygens (including phenoxy) is 2. The molecule has 0 bridgehead atoms. The Morgan fingerprint density at radius 3 is 2.97 bits per heavy atom. The van der Waals surface area contributed by atoms with Gasteiger partial charge in [0.05, 0.1) is 18.6 Å². The van der Waals surface area contributed by atoms with Crippen molar-refractivity contribution in [2.45, 2.75) is 25.4 Å². The van der Waals surface area contributed by atoms with Crippen LogP contribution >= 0.6 is 22.7 Å². The average molecular weight is 427 g/mol. The van der Waals surface area contributed by atoms with Gasteiger partial charge in [-0.25, -0.2) is 0 Å². The quantitative estimate of drug-likeness (QED) is 0.659. The van der Waals surface area contributed by atoms with Gasteiger partial charge in [-0.3, -0.25) is 9.69 Å². The summed E-state index contributed by atoms with van der Waals surface area (Å²) in [5, 5.41) is 7.42. The summed E-state index contributed by atoms with van der Waals surface area (Å²) in [5.41, 5.74) is 2.36. The van der Waals surface area contributed by atoms with Crippen molar-refractivity contribution >= 4 is 28.6 Å². The van der Waals surface area contributed by atoms with Crippen LogP contribution in [0.1, 0.15) is 39.9 Å². The maximum Gasteiger partial charge on any atom is 0.234 e. The van der Waals surface area contributed by atoms with Crippen molar-refractivity contribution in [3.8, 4) is 11.5 Å². The van der Waals surface area contributed by atoms with Crippen LogP contribution < -0.4 is 14.8 Å². The third-order valence-corrected chi connectivity index (χ3v) is 7.42. The zero-order valence-corrected chi connectivity index (χ0v) is 17.7. The number of carbonyl (C=O) groups is 1. The van der Waals surface area contributed by atoms with Crippen molar-refractivity contribution in [1.29, 1.82) is 0 Å². The van der Waals surface area contributed by atoms with Gasteiger partial charge < -0.3 is 14.8 Å². The second-order valence-corrected chi connectivity index (χ2v) is 9.32. The molecule has 3 aromatic rings. The van der Waals surface area contributed by atoms with Crippen molar-refractivity contribution in [2.75, 3.05) is 19.9 Å². The van der Waals surface area contributed by atoms with Crippen molar-refractivity contribution < 1.29 is 14.3 Å². The lowest BCUT2D eigenvalue weighted by molar-refractivity contribution is -0.123. The Hall–Kier alpha value is -2.35. The number of carbonyl (C=O) groups excluding carboxylic acids is 1. The first kappa shape index (κ1) is 18.7. The van der Waals surface area contributed by atoms with E-state index in [2.05, 4.69) is 39.2 Å². The first-order valence-corrected chi connectivity index (χ1v) is 11.5. The summed E-state index contributed by atoms with van der Waals surface area (Å²) in [7, 11) is 0. The molecule has 1 N–H and O–H groups in total. The van der Waals surface area contributed by atoms with E-state index in [1.165, 1.54) is 15.3 Å². The molecule has 1 aromatic carbocycles. The molecule has 0 fully saturated rings. The lowest BCUT2D eigenvalue weighted by Gasteiger charge is -2.35. The van der Waals surface area contributed by atoms with E-state index < -0.39 is 0 Å².